The number of aromatic nitrogens is 2. The molecule has 1 aliphatic rings. The van der Waals surface area contributed by atoms with Crippen LogP contribution >= 0.6 is 0 Å². The average molecular weight is 238 g/mol. The lowest BCUT2D eigenvalue weighted by Gasteiger charge is -2.25. The fraction of sp³-hybridized carbons (Fsp3) is 0.833. The van der Waals surface area contributed by atoms with Gasteiger partial charge in [0.25, 0.3) is 0 Å². The number of rotatable bonds is 6. The molecule has 2 heterocycles. The van der Waals surface area contributed by atoms with Gasteiger partial charge in [-0.1, -0.05) is 19.0 Å². The molecular formula is C12H22N4O. The molecule has 0 saturated carbocycles. The predicted molar refractivity (Wildman–Crippen MR) is 65.4 cm³/mol. The lowest BCUT2D eigenvalue weighted by molar-refractivity contribution is 0.209. The molecule has 1 atom stereocenters. The molecule has 1 fully saturated rings. The summed E-state index contributed by atoms with van der Waals surface area (Å²) in [5.41, 5.74) is 0. The summed E-state index contributed by atoms with van der Waals surface area (Å²) in [6.45, 7) is 8.57. The highest BCUT2D eigenvalue weighted by Crippen LogP contribution is 2.10. The van der Waals surface area contributed by atoms with Crippen molar-refractivity contribution in [2.24, 2.45) is 5.92 Å². The number of hydrogen-bond donors (Lipinski definition) is 1. The summed E-state index contributed by atoms with van der Waals surface area (Å²) < 4.78 is 4.79. The molecule has 1 aromatic heterocycles. The van der Waals surface area contributed by atoms with E-state index >= 15 is 0 Å². The van der Waals surface area contributed by atoms with Crippen molar-refractivity contribution in [1.82, 2.24) is 20.4 Å². The van der Waals surface area contributed by atoms with Crippen LogP contribution in [0.5, 0.6) is 0 Å². The van der Waals surface area contributed by atoms with Crippen molar-refractivity contribution in [2.45, 2.75) is 39.3 Å². The molecule has 1 aromatic rings. The first-order valence-electron chi connectivity index (χ1n) is 6.45. The molecule has 1 N–H and O–H groups in total. The van der Waals surface area contributed by atoms with E-state index in [4.69, 9.17) is 4.52 Å². The second-order valence-electron chi connectivity index (χ2n) is 5.23. The third kappa shape index (κ3) is 4.09. The van der Waals surface area contributed by atoms with Gasteiger partial charge in [-0.05, 0) is 25.3 Å². The minimum Gasteiger partial charge on any atom is -0.343 e. The van der Waals surface area contributed by atoms with E-state index in [1.54, 1.807) is 0 Å². The van der Waals surface area contributed by atoms with Crippen LogP contribution in [0.3, 0.4) is 0 Å². The highest BCUT2D eigenvalue weighted by molar-refractivity contribution is 4.83. The van der Waals surface area contributed by atoms with E-state index in [9.17, 15) is 0 Å². The van der Waals surface area contributed by atoms with E-state index in [2.05, 4.69) is 34.2 Å². The van der Waals surface area contributed by atoms with Crippen molar-refractivity contribution in [3.05, 3.63) is 12.2 Å². The molecule has 0 aliphatic carbocycles. The van der Waals surface area contributed by atoms with Gasteiger partial charge in [0, 0.05) is 19.1 Å². The van der Waals surface area contributed by atoms with E-state index < -0.39 is 0 Å². The molecule has 0 spiro atoms. The topological polar surface area (TPSA) is 54.2 Å². The van der Waals surface area contributed by atoms with Gasteiger partial charge in [0.2, 0.25) is 6.39 Å². The number of nitrogens with zero attached hydrogens (tertiary/aromatic N) is 3. The third-order valence-electron chi connectivity index (χ3n) is 3.04. The molecule has 2 rings (SSSR count). The average Bonchev–Trinajstić information content (AvgIpc) is 2.89. The summed E-state index contributed by atoms with van der Waals surface area (Å²) in [5, 5.41) is 7.42. The maximum absolute atomic E-state index is 4.79. The zero-order chi connectivity index (χ0) is 12.1. The van der Waals surface area contributed by atoms with Crippen molar-refractivity contribution in [3.63, 3.8) is 0 Å². The first-order valence-corrected chi connectivity index (χ1v) is 6.45. The Kier molecular flexibility index (Phi) is 4.50. The van der Waals surface area contributed by atoms with Crippen LogP contribution in [0, 0.1) is 5.92 Å². The molecule has 0 amide bonds. The van der Waals surface area contributed by atoms with Gasteiger partial charge < -0.3 is 9.84 Å². The Morgan fingerprint density at radius 3 is 3.06 bits per heavy atom. The molecule has 17 heavy (non-hydrogen) atoms. The Morgan fingerprint density at radius 1 is 1.59 bits per heavy atom. The summed E-state index contributed by atoms with van der Waals surface area (Å²) >= 11 is 0. The number of hydrogen-bond acceptors (Lipinski definition) is 5. The normalized spacial score (nSPS) is 20.6. The molecule has 0 bridgehead atoms. The van der Waals surface area contributed by atoms with Gasteiger partial charge in [0.15, 0.2) is 5.82 Å². The Balaban J connectivity index is 1.87. The maximum atomic E-state index is 4.79. The summed E-state index contributed by atoms with van der Waals surface area (Å²) in [6.07, 6.45) is 3.97. The van der Waals surface area contributed by atoms with Crippen LogP contribution in [0.15, 0.2) is 10.9 Å². The standard InChI is InChI=1S/C12H22N4O/c1-10(2)6-16(7-11-4-3-5-13-11)8-12-14-9-17-15-12/h9-11,13H,3-8H2,1-2H3. The van der Waals surface area contributed by atoms with Crippen LogP contribution in [-0.2, 0) is 6.54 Å². The Labute approximate surface area is 103 Å². The first-order chi connectivity index (χ1) is 8.24. The summed E-state index contributed by atoms with van der Waals surface area (Å²) in [5.74, 6) is 1.44. The van der Waals surface area contributed by atoms with Crippen LogP contribution in [-0.4, -0.2) is 40.7 Å². The Hall–Kier alpha value is -0.940. The zero-order valence-electron chi connectivity index (χ0n) is 10.7. The van der Waals surface area contributed by atoms with E-state index in [0.29, 0.717) is 12.0 Å². The van der Waals surface area contributed by atoms with Crippen molar-refractivity contribution in [2.75, 3.05) is 19.6 Å². The Bertz CT molecular complexity index is 306. The Morgan fingerprint density at radius 2 is 2.47 bits per heavy atom. The quantitative estimate of drug-likeness (QED) is 0.809. The lowest BCUT2D eigenvalue weighted by atomic mass is 10.1. The molecule has 96 valence electrons. The maximum Gasteiger partial charge on any atom is 0.213 e. The van der Waals surface area contributed by atoms with Crippen molar-refractivity contribution >= 4 is 0 Å². The van der Waals surface area contributed by atoms with Gasteiger partial charge in [0.1, 0.15) is 0 Å². The minimum atomic E-state index is 0.626. The predicted octanol–water partition coefficient (Wildman–Crippen LogP) is 1.28. The molecule has 5 heteroatoms. The molecule has 5 nitrogen and oxygen atoms in total. The van der Waals surface area contributed by atoms with Crippen LogP contribution < -0.4 is 5.32 Å². The van der Waals surface area contributed by atoms with E-state index in [1.807, 2.05) is 0 Å². The molecule has 1 aliphatic heterocycles. The van der Waals surface area contributed by atoms with Crippen LogP contribution in [0.2, 0.25) is 0 Å². The van der Waals surface area contributed by atoms with Gasteiger partial charge in [0.05, 0.1) is 6.54 Å². The molecule has 0 aromatic carbocycles. The third-order valence-corrected chi connectivity index (χ3v) is 3.04. The molecule has 1 saturated heterocycles. The highest BCUT2D eigenvalue weighted by atomic mass is 16.5. The summed E-state index contributed by atoms with van der Waals surface area (Å²) in [4.78, 5) is 6.51. The largest absolute Gasteiger partial charge is 0.343 e. The summed E-state index contributed by atoms with van der Waals surface area (Å²) in [7, 11) is 0. The monoisotopic (exact) mass is 238 g/mol. The smallest absolute Gasteiger partial charge is 0.213 e. The fourth-order valence-corrected chi connectivity index (χ4v) is 2.41. The van der Waals surface area contributed by atoms with Crippen LogP contribution in [0.4, 0.5) is 0 Å². The van der Waals surface area contributed by atoms with E-state index in [0.717, 1.165) is 32.0 Å². The second-order valence-corrected chi connectivity index (χ2v) is 5.23. The van der Waals surface area contributed by atoms with Gasteiger partial charge in [-0.15, -0.1) is 0 Å². The number of nitrogens with one attached hydrogen (secondary N) is 1. The van der Waals surface area contributed by atoms with E-state index in [1.165, 1.54) is 19.2 Å². The van der Waals surface area contributed by atoms with Crippen LogP contribution in [0.25, 0.3) is 0 Å². The highest BCUT2D eigenvalue weighted by Gasteiger charge is 2.19. The molecule has 1 unspecified atom stereocenters. The lowest BCUT2D eigenvalue weighted by Crippen LogP contribution is -2.39. The van der Waals surface area contributed by atoms with Gasteiger partial charge >= 0.3 is 0 Å². The summed E-state index contributed by atoms with van der Waals surface area (Å²) in [6, 6.07) is 0.626. The van der Waals surface area contributed by atoms with Gasteiger partial charge in [-0.3, -0.25) is 4.90 Å². The minimum absolute atomic E-state index is 0.626. The second kappa shape index (κ2) is 6.12. The van der Waals surface area contributed by atoms with Crippen molar-refractivity contribution in [3.8, 4) is 0 Å². The van der Waals surface area contributed by atoms with E-state index in [-0.39, 0.29) is 0 Å². The van der Waals surface area contributed by atoms with Crippen molar-refractivity contribution < 1.29 is 4.52 Å². The first kappa shape index (κ1) is 12.5. The molecular weight excluding hydrogens is 216 g/mol. The SMILES string of the molecule is CC(C)CN(Cc1ncon1)CC1CCCN1. The van der Waals surface area contributed by atoms with Crippen molar-refractivity contribution in [1.29, 1.82) is 0 Å². The van der Waals surface area contributed by atoms with Crippen LogP contribution in [0.1, 0.15) is 32.5 Å². The van der Waals surface area contributed by atoms with Gasteiger partial charge in [-0.2, -0.15) is 4.98 Å². The molecule has 0 radical (unpaired) electrons. The zero-order valence-corrected chi connectivity index (χ0v) is 10.7. The van der Waals surface area contributed by atoms with Gasteiger partial charge in [-0.25, -0.2) is 0 Å². The fourth-order valence-electron chi connectivity index (χ4n) is 2.41.